The third-order valence-corrected chi connectivity index (χ3v) is 1.27. The Bertz CT molecular complexity index is 56.9. The first-order valence-corrected chi connectivity index (χ1v) is 2.74. The van der Waals surface area contributed by atoms with Gasteiger partial charge in [0.15, 0.2) is 0 Å². The molecule has 9 heavy (non-hydrogen) atoms. The van der Waals surface area contributed by atoms with Crippen molar-refractivity contribution >= 4 is 24.8 Å². The number of hydrogen-bond acceptors (Lipinski definition) is 1. The van der Waals surface area contributed by atoms with E-state index in [2.05, 4.69) is 5.32 Å². The van der Waals surface area contributed by atoms with Gasteiger partial charge in [-0.05, 0) is 25.9 Å². The molecule has 0 aromatic carbocycles. The molecule has 0 atom stereocenters. The van der Waals surface area contributed by atoms with Gasteiger partial charge in [-0.25, -0.2) is 4.39 Å². The number of piperidine rings is 1. The van der Waals surface area contributed by atoms with E-state index in [1.165, 1.54) is 0 Å². The van der Waals surface area contributed by atoms with Crippen LogP contribution in [0.2, 0.25) is 0 Å². The summed E-state index contributed by atoms with van der Waals surface area (Å²) < 4.78 is 12.1. The molecular weight excluding hydrogens is 164 g/mol. The van der Waals surface area contributed by atoms with Crippen LogP contribution in [0.25, 0.3) is 0 Å². The molecule has 1 aliphatic rings. The molecule has 1 fully saturated rings. The van der Waals surface area contributed by atoms with Crippen molar-refractivity contribution in [3.8, 4) is 0 Å². The summed E-state index contributed by atoms with van der Waals surface area (Å²) in [4.78, 5) is 0. The van der Waals surface area contributed by atoms with Crippen molar-refractivity contribution in [1.82, 2.24) is 5.32 Å². The van der Waals surface area contributed by atoms with Crippen molar-refractivity contribution in [2.24, 2.45) is 0 Å². The summed E-state index contributed by atoms with van der Waals surface area (Å²) in [6, 6.07) is 0. The van der Waals surface area contributed by atoms with E-state index in [4.69, 9.17) is 0 Å². The minimum atomic E-state index is -0.527. The van der Waals surface area contributed by atoms with Crippen LogP contribution in [0.1, 0.15) is 12.8 Å². The number of nitrogens with one attached hydrogen (secondary N) is 1. The molecule has 0 radical (unpaired) electrons. The van der Waals surface area contributed by atoms with Crippen LogP contribution in [-0.4, -0.2) is 19.3 Å². The Morgan fingerprint density at radius 1 is 1.11 bits per heavy atom. The molecule has 0 aromatic rings. The lowest BCUT2D eigenvalue weighted by Gasteiger charge is -2.14. The van der Waals surface area contributed by atoms with Gasteiger partial charge in [0, 0.05) is 0 Å². The van der Waals surface area contributed by atoms with Gasteiger partial charge in [0.2, 0.25) is 0 Å². The van der Waals surface area contributed by atoms with Gasteiger partial charge in [-0.1, -0.05) is 0 Å². The van der Waals surface area contributed by atoms with Crippen molar-refractivity contribution in [2.75, 3.05) is 13.1 Å². The quantitative estimate of drug-likeness (QED) is 0.590. The molecular formula is C5H12Cl2FN. The lowest BCUT2D eigenvalue weighted by Crippen LogP contribution is -2.28. The summed E-state index contributed by atoms with van der Waals surface area (Å²) in [6.07, 6.45) is 0.890. The summed E-state index contributed by atoms with van der Waals surface area (Å²) in [5.74, 6) is 0. The van der Waals surface area contributed by atoms with Crippen LogP contribution in [0.3, 0.4) is 0 Å². The molecule has 0 aromatic heterocycles. The standard InChI is InChI=1S/C5H10FN.2ClH/c6-5-1-3-7-4-2-5;;/h5,7H,1-4H2;2*1H. The number of alkyl halides is 1. The molecule has 4 heteroatoms. The SMILES string of the molecule is Cl.Cl.FC1CCNCC1. The average Bonchev–Trinajstić information content (AvgIpc) is 1.69. The van der Waals surface area contributed by atoms with Crippen LogP contribution in [-0.2, 0) is 0 Å². The maximum Gasteiger partial charge on any atom is 0.103 e. The minimum Gasteiger partial charge on any atom is -0.317 e. The molecule has 1 N–H and O–H groups in total. The Hall–Kier alpha value is 0.470. The van der Waals surface area contributed by atoms with E-state index in [-0.39, 0.29) is 24.8 Å². The third-order valence-electron chi connectivity index (χ3n) is 1.27. The van der Waals surface area contributed by atoms with E-state index in [0.717, 1.165) is 13.1 Å². The first kappa shape index (κ1) is 12.2. The highest BCUT2D eigenvalue weighted by Crippen LogP contribution is 2.04. The van der Waals surface area contributed by atoms with Crippen molar-refractivity contribution < 1.29 is 4.39 Å². The smallest absolute Gasteiger partial charge is 0.103 e. The molecule has 0 aliphatic carbocycles. The van der Waals surface area contributed by atoms with Crippen molar-refractivity contribution in [3.05, 3.63) is 0 Å². The van der Waals surface area contributed by atoms with Gasteiger partial charge < -0.3 is 5.32 Å². The maximum atomic E-state index is 12.1. The predicted octanol–water partition coefficient (Wildman–Crippen LogP) is 1.55. The highest BCUT2D eigenvalue weighted by molar-refractivity contribution is 5.85. The van der Waals surface area contributed by atoms with E-state index >= 15 is 0 Å². The molecule has 1 aliphatic heterocycles. The molecule has 0 bridgehead atoms. The van der Waals surface area contributed by atoms with E-state index in [0.29, 0.717) is 12.8 Å². The average molecular weight is 176 g/mol. The fourth-order valence-electron chi connectivity index (χ4n) is 0.787. The van der Waals surface area contributed by atoms with E-state index in [9.17, 15) is 4.39 Å². The Labute approximate surface area is 67.2 Å². The van der Waals surface area contributed by atoms with Crippen molar-refractivity contribution in [3.63, 3.8) is 0 Å². The molecule has 1 nitrogen and oxygen atoms in total. The molecule has 0 spiro atoms. The minimum absolute atomic E-state index is 0. The first-order chi connectivity index (χ1) is 3.39. The predicted molar refractivity (Wildman–Crippen MR) is 41.5 cm³/mol. The van der Waals surface area contributed by atoms with Crippen LogP contribution in [0.4, 0.5) is 4.39 Å². The van der Waals surface area contributed by atoms with Crippen LogP contribution in [0.15, 0.2) is 0 Å². The second-order valence-corrected chi connectivity index (χ2v) is 1.92. The number of rotatable bonds is 0. The van der Waals surface area contributed by atoms with Gasteiger partial charge in [0.05, 0.1) is 0 Å². The third kappa shape index (κ3) is 4.94. The summed E-state index contributed by atoms with van der Waals surface area (Å²) in [5, 5.41) is 3.08. The second kappa shape index (κ2) is 6.59. The Balaban J connectivity index is 0. The molecule has 0 unspecified atom stereocenters. The zero-order valence-corrected chi connectivity index (χ0v) is 6.73. The fraction of sp³-hybridized carbons (Fsp3) is 1.00. The zero-order chi connectivity index (χ0) is 5.11. The molecule has 1 heterocycles. The number of hydrogen-bond donors (Lipinski definition) is 1. The van der Waals surface area contributed by atoms with Crippen LogP contribution in [0.5, 0.6) is 0 Å². The summed E-state index contributed by atoms with van der Waals surface area (Å²) in [7, 11) is 0. The molecule has 0 amide bonds. The van der Waals surface area contributed by atoms with Gasteiger partial charge in [-0.2, -0.15) is 0 Å². The van der Waals surface area contributed by atoms with Gasteiger partial charge in [-0.3, -0.25) is 0 Å². The summed E-state index contributed by atoms with van der Waals surface area (Å²) in [5.41, 5.74) is 0. The van der Waals surface area contributed by atoms with E-state index in [1.54, 1.807) is 0 Å². The zero-order valence-electron chi connectivity index (χ0n) is 5.10. The normalized spacial score (nSPS) is 19.7. The summed E-state index contributed by atoms with van der Waals surface area (Å²) >= 11 is 0. The van der Waals surface area contributed by atoms with Crippen LogP contribution >= 0.6 is 24.8 Å². The van der Waals surface area contributed by atoms with E-state index in [1.807, 2.05) is 0 Å². The lowest BCUT2D eigenvalue weighted by atomic mass is 10.1. The first-order valence-electron chi connectivity index (χ1n) is 2.74. The second-order valence-electron chi connectivity index (χ2n) is 1.92. The van der Waals surface area contributed by atoms with Gasteiger partial charge in [-0.15, -0.1) is 24.8 Å². The Morgan fingerprint density at radius 3 is 1.78 bits per heavy atom. The van der Waals surface area contributed by atoms with Gasteiger partial charge >= 0.3 is 0 Å². The maximum absolute atomic E-state index is 12.1. The molecule has 0 saturated carbocycles. The number of halogens is 3. The Morgan fingerprint density at radius 2 is 1.56 bits per heavy atom. The summed E-state index contributed by atoms with van der Waals surface area (Å²) in [6.45, 7) is 1.72. The Kier molecular flexibility index (Phi) is 8.91. The monoisotopic (exact) mass is 175 g/mol. The van der Waals surface area contributed by atoms with Crippen LogP contribution in [0, 0.1) is 0 Å². The van der Waals surface area contributed by atoms with Crippen LogP contribution < -0.4 is 5.32 Å². The topological polar surface area (TPSA) is 12.0 Å². The fourth-order valence-corrected chi connectivity index (χ4v) is 0.787. The molecule has 1 rings (SSSR count). The molecule has 58 valence electrons. The van der Waals surface area contributed by atoms with Crippen molar-refractivity contribution in [1.29, 1.82) is 0 Å². The highest BCUT2D eigenvalue weighted by Gasteiger charge is 2.09. The van der Waals surface area contributed by atoms with Gasteiger partial charge in [0.25, 0.3) is 0 Å². The van der Waals surface area contributed by atoms with Gasteiger partial charge in [0.1, 0.15) is 6.17 Å². The van der Waals surface area contributed by atoms with E-state index < -0.39 is 6.17 Å². The molecule has 1 saturated heterocycles. The largest absolute Gasteiger partial charge is 0.317 e. The lowest BCUT2D eigenvalue weighted by molar-refractivity contribution is 0.262. The highest BCUT2D eigenvalue weighted by atomic mass is 35.5. The van der Waals surface area contributed by atoms with Crippen molar-refractivity contribution in [2.45, 2.75) is 19.0 Å².